The van der Waals surface area contributed by atoms with Crippen molar-refractivity contribution in [3.8, 4) is 0 Å². The maximum absolute atomic E-state index is 13.6. The van der Waals surface area contributed by atoms with E-state index in [1.54, 1.807) is 12.1 Å². The highest BCUT2D eigenvalue weighted by molar-refractivity contribution is 6.02. The third kappa shape index (κ3) is 3.95. The number of nitrogens with one attached hydrogen (secondary N) is 1. The standard InChI is InChI=1S/C18H13F2N3O2/c19-13-5-3-4-12(10-13)11-23-17(24)9-8-16(22-23)18(25)21-15-7-2-1-6-14(15)20/h1-10H,11H2,(H,21,25). The highest BCUT2D eigenvalue weighted by Gasteiger charge is 2.12. The molecule has 1 aromatic heterocycles. The molecule has 5 nitrogen and oxygen atoms in total. The van der Waals surface area contributed by atoms with Gasteiger partial charge in [-0.1, -0.05) is 24.3 Å². The summed E-state index contributed by atoms with van der Waals surface area (Å²) in [4.78, 5) is 24.1. The molecule has 0 aliphatic heterocycles. The molecule has 1 amide bonds. The van der Waals surface area contributed by atoms with Crippen molar-refractivity contribution >= 4 is 11.6 Å². The third-order valence-corrected chi connectivity index (χ3v) is 3.44. The Balaban J connectivity index is 1.85. The van der Waals surface area contributed by atoms with Crippen molar-refractivity contribution in [1.82, 2.24) is 9.78 Å². The van der Waals surface area contributed by atoms with E-state index in [4.69, 9.17) is 0 Å². The first-order chi connectivity index (χ1) is 12.0. The molecule has 7 heteroatoms. The summed E-state index contributed by atoms with van der Waals surface area (Å²) in [5.41, 5.74) is 0.0457. The number of rotatable bonds is 4. The fraction of sp³-hybridized carbons (Fsp3) is 0.0556. The fourth-order valence-electron chi connectivity index (χ4n) is 2.24. The Labute approximate surface area is 141 Å². The van der Waals surface area contributed by atoms with Gasteiger partial charge in [0.2, 0.25) is 0 Å². The number of benzene rings is 2. The summed E-state index contributed by atoms with van der Waals surface area (Å²) in [6.45, 7) is 0.0113. The average Bonchev–Trinajstić information content (AvgIpc) is 2.59. The van der Waals surface area contributed by atoms with Gasteiger partial charge >= 0.3 is 0 Å². The molecule has 126 valence electrons. The molecule has 0 bridgehead atoms. The Morgan fingerprint density at radius 3 is 2.60 bits per heavy atom. The highest BCUT2D eigenvalue weighted by atomic mass is 19.1. The molecular formula is C18H13F2N3O2. The second kappa shape index (κ2) is 7.04. The first-order valence-electron chi connectivity index (χ1n) is 7.41. The van der Waals surface area contributed by atoms with Crippen LogP contribution in [0.25, 0.3) is 0 Å². The number of aromatic nitrogens is 2. The minimum absolute atomic E-state index is 0.0113. The first-order valence-corrected chi connectivity index (χ1v) is 7.41. The van der Waals surface area contributed by atoms with E-state index in [1.165, 1.54) is 48.5 Å². The van der Waals surface area contributed by atoms with Gasteiger partial charge in [-0.25, -0.2) is 13.5 Å². The lowest BCUT2D eigenvalue weighted by Crippen LogP contribution is -2.26. The Morgan fingerprint density at radius 1 is 1.04 bits per heavy atom. The van der Waals surface area contributed by atoms with Crippen LogP contribution in [0.3, 0.4) is 0 Å². The van der Waals surface area contributed by atoms with Crippen LogP contribution in [0.2, 0.25) is 0 Å². The monoisotopic (exact) mass is 341 g/mol. The van der Waals surface area contributed by atoms with Crippen LogP contribution >= 0.6 is 0 Å². The molecule has 0 atom stereocenters. The molecular weight excluding hydrogens is 328 g/mol. The van der Waals surface area contributed by atoms with Crippen LogP contribution in [0.5, 0.6) is 0 Å². The number of carbonyl (C=O) groups excluding carboxylic acids is 1. The van der Waals surface area contributed by atoms with Gasteiger partial charge in [-0.3, -0.25) is 9.59 Å². The third-order valence-electron chi connectivity index (χ3n) is 3.44. The Bertz CT molecular complexity index is 986. The molecule has 0 saturated carbocycles. The van der Waals surface area contributed by atoms with Gasteiger partial charge < -0.3 is 5.32 Å². The number of carbonyl (C=O) groups is 1. The zero-order chi connectivity index (χ0) is 17.8. The van der Waals surface area contributed by atoms with Crippen LogP contribution in [0.1, 0.15) is 16.1 Å². The zero-order valence-corrected chi connectivity index (χ0v) is 12.9. The summed E-state index contributed by atoms with van der Waals surface area (Å²) < 4.78 is 27.9. The number of hydrogen-bond donors (Lipinski definition) is 1. The predicted octanol–water partition coefficient (Wildman–Crippen LogP) is 2.82. The lowest BCUT2D eigenvalue weighted by atomic mass is 10.2. The van der Waals surface area contributed by atoms with Crippen LogP contribution in [-0.4, -0.2) is 15.7 Å². The van der Waals surface area contributed by atoms with Crippen molar-refractivity contribution in [2.75, 3.05) is 5.32 Å². The maximum atomic E-state index is 13.6. The minimum atomic E-state index is -0.655. The van der Waals surface area contributed by atoms with Crippen LogP contribution in [0, 0.1) is 11.6 Å². The number of para-hydroxylation sites is 1. The van der Waals surface area contributed by atoms with Crippen LogP contribution in [0.4, 0.5) is 14.5 Å². The molecule has 0 unspecified atom stereocenters. The summed E-state index contributed by atoms with van der Waals surface area (Å²) in [7, 11) is 0. The molecule has 0 aliphatic carbocycles. The number of anilines is 1. The van der Waals surface area contributed by atoms with Gasteiger partial charge in [0.05, 0.1) is 12.2 Å². The maximum Gasteiger partial charge on any atom is 0.276 e. The normalized spacial score (nSPS) is 10.5. The molecule has 0 fully saturated rings. The van der Waals surface area contributed by atoms with Gasteiger partial charge in [-0.15, -0.1) is 0 Å². The quantitative estimate of drug-likeness (QED) is 0.794. The first kappa shape index (κ1) is 16.5. The summed E-state index contributed by atoms with van der Waals surface area (Å²) in [5.74, 6) is -1.67. The molecule has 3 aromatic rings. The van der Waals surface area contributed by atoms with Crippen molar-refractivity contribution < 1.29 is 13.6 Å². The molecule has 1 heterocycles. The Hall–Kier alpha value is -3.35. The van der Waals surface area contributed by atoms with Gasteiger partial charge in [-0.05, 0) is 35.9 Å². The van der Waals surface area contributed by atoms with Crippen molar-refractivity contribution in [2.45, 2.75) is 6.54 Å². The molecule has 0 spiro atoms. The number of halogens is 2. The largest absolute Gasteiger partial charge is 0.318 e. The molecule has 25 heavy (non-hydrogen) atoms. The average molecular weight is 341 g/mol. The molecule has 2 aromatic carbocycles. The van der Waals surface area contributed by atoms with E-state index in [-0.39, 0.29) is 17.9 Å². The van der Waals surface area contributed by atoms with E-state index in [1.807, 2.05) is 0 Å². The van der Waals surface area contributed by atoms with E-state index in [2.05, 4.69) is 10.4 Å². The van der Waals surface area contributed by atoms with Gasteiger partial charge in [0, 0.05) is 6.07 Å². The van der Waals surface area contributed by atoms with Crippen molar-refractivity contribution in [3.05, 3.63) is 93.9 Å². The molecule has 3 rings (SSSR count). The van der Waals surface area contributed by atoms with Gasteiger partial charge in [0.15, 0.2) is 0 Å². The van der Waals surface area contributed by atoms with E-state index < -0.39 is 23.1 Å². The van der Waals surface area contributed by atoms with Crippen LogP contribution in [0.15, 0.2) is 65.5 Å². The van der Waals surface area contributed by atoms with E-state index in [0.29, 0.717) is 5.56 Å². The molecule has 0 saturated heterocycles. The minimum Gasteiger partial charge on any atom is -0.318 e. The summed E-state index contributed by atoms with van der Waals surface area (Å²) >= 11 is 0. The smallest absolute Gasteiger partial charge is 0.276 e. The Morgan fingerprint density at radius 2 is 1.84 bits per heavy atom. The molecule has 0 radical (unpaired) electrons. The van der Waals surface area contributed by atoms with E-state index in [0.717, 1.165) is 4.68 Å². The fourth-order valence-corrected chi connectivity index (χ4v) is 2.24. The molecule has 0 aliphatic rings. The van der Waals surface area contributed by atoms with Gasteiger partial charge in [0.25, 0.3) is 11.5 Å². The lowest BCUT2D eigenvalue weighted by Gasteiger charge is -2.08. The highest BCUT2D eigenvalue weighted by Crippen LogP contribution is 2.13. The van der Waals surface area contributed by atoms with Gasteiger partial charge in [-0.2, -0.15) is 5.10 Å². The van der Waals surface area contributed by atoms with Crippen molar-refractivity contribution in [1.29, 1.82) is 0 Å². The van der Waals surface area contributed by atoms with Crippen molar-refractivity contribution in [3.63, 3.8) is 0 Å². The second-order valence-corrected chi connectivity index (χ2v) is 5.28. The van der Waals surface area contributed by atoms with Crippen molar-refractivity contribution in [2.24, 2.45) is 0 Å². The lowest BCUT2D eigenvalue weighted by molar-refractivity contribution is 0.101. The topological polar surface area (TPSA) is 64.0 Å². The number of hydrogen-bond acceptors (Lipinski definition) is 3. The summed E-state index contributed by atoms with van der Waals surface area (Å²) in [6.07, 6.45) is 0. The van der Waals surface area contributed by atoms with Crippen LogP contribution in [-0.2, 0) is 6.54 Å². The second-order valence-electron chi connectivity index (χ2n) is 5.28. The Kier molecular flexibility index (Phi) is 4.65. The summed E-state index contributed by atoms with van der Waals surface area (Å²) in [6, 6.07) is 13.9. The van der Waals surface area contributed by atoms with E-state index >= 15 is 0 Å². The number of amides is 1. The number of nitrogens with zero attached hydrogens (tertiary/aromatic N) is 2. The van der Waals surface area contributed by atoms with Crippen LogP contribution < -0.4 is 10.9 Å². The van der Waals surface area contributed by atoms with Gasteiger partial charge in [0.1, 0.15) is 17.3 Å². The summed E-state index contributed by atoms with van der Waals surface area (Å²) in [5, 5.41) is 6.36. The SMILES string of the molecule is O=C(Nc1ccccc1F)c1ccc(=O)n(Cc2cccc(F)c2)n1. The zero-order valence-electron chi connectivity index (χ0n) is 12.9. The predicted molar refractivity (Wildman–Crippen MR) is 88.4 cm³/mol. The van der Waals surface area contributed by atoms with E-state index in [9.17, 15) is 18.4 Å². The molecule has 1 N–H and O–H groups in total.